The fourth-order valence-electron chi connectivity index (χ4n) is 2.53. The number of rotatable bonds is 3. The minimum absolute atomic E-state index is 0.109. The molecule has 1 aromatic rings. The van der Waals surface area contributed by atoms with E-state index in [9.17, 15) is 14.9 Å². The summed E-state index contributed by atoms with van der Waals surface area (Å²) < 4.78 is 0. The summed E-state index contributed by atoms with van der Waals surface area (Å²) in [7, 11) is 0. The van der Waals surface area contributed by atoms with Crippen molar-refractivity contribution in [3.63, 3.8) is 0 Å². The van der Waals surface area contributed by atoms with Crippen molar-refractivity contribution in [2.75, 3.05) is 13.1 Å². The van der Waals surface area contributed by atoms with Crippen molar-refractivity contribution in [3.8, 4) is 0 Å². The molecule has 0 radical (unpaired) electrons. The second kappa shape index (κ2) is 5.58. The molecule has 108 valence electrons. The monoisotopic (exact) mass is 277 g/mol. The molecule has 0 unspecified atom stereocenters. The van der Waals surface area contributed by atoms with Crippen LogP contribution in [0.25, 0.3) is 0 Å². The standard InChI is InChI=1S/C14H19N3O3/c1-10-4-3-5-11(12(10)17(19)20)13(18)16-14(2)6-8-15-9-7-14/h3-5,15H,6-9H2,1-2H3,(H,16,18). The van der Waals surface area contributed by atoms with E-state index in [1.807, 2.05) is 6.92 Å². The first kappa shape index (κ1) is 14.5. The lowest BCUT2D eigenvalue weighted by Gasteiger charge is -2.34. The van der Waals surface area contributed by atoms with Crippen LogP contribution in [0.5, 0.6) is 0 Å². The third-order valence-corrected chi connectivity index (χ3v) is 3.79. The van der Waals surface area contributed by atoms with Gasteiger partial charge in [-0.2, -0.15) is 0 Å². The van der Waals surface area contributed by atoms with Gasteiger partial charge >= 0.3 is 0 Å². The number of carbonyl (C=O) groups is 1. The van der Waals surface area contributed by atoms with E-state index in [0.29, 0.717) is 5.56 Å². The lowest BCUT2D eigenvalue weighted by Crippen LogP contribution is -2.52. The lowest BCUT2D eigenvalue weighted by atomic mass is 9.90. The van der Waals surface area contributed by atoms with E-state index in [4.69, 9.17) is 0 Å². The van der Waals surface area contributed by atoms with Crippen molar-refractivity contribution in [2.45, 2.75) is 32.2 Å². The van der Waals surface area contributed by atoms with Crippen molar-refractivity contribution in [3.05, 3.63) is 39.4 Å². The maximum absolute atomic E-state index is 12.4. The highest BCUT2D eigenvalue weighted by Crippen LogP contribution is 2.25. The van der Waals surface area contributed by atoms with Gasteiger partial charge in [-0.1, -0.05) is 12.1 Å². The van der Waals surface area contributed by atoms with Gasteiger partial charge in [-0.25, -0.2) is 0 Å². The van der Waals surface area contributed by atoms with E-state index in [0.717, 1.165) is 25.9 Å². The third kappa shape index (κ3) is 2.96. The maximum atomic E-state index is 12.4. The molecule has 2 N–H and O–H groups in total. The number of carbonyl (C=O) groups excluding carboxylic acids is 1. The summed E-state index contributed by atoms with van der Waals surface area (Å²) in [6.07, 6.45) is 1.64. The largest absolute Gasteiger partial charge is 0.347 e. The van der Waals surface area contributed by atoms with Gasteiger partial charge in [0.25, 0.3) is 11.6 Å². The first-order chi connectivity index (χ1) is 9.43. The number of nitro groups is 1. The molecule has 0 bridgehead atoms. The van der Waals surface area contributed by atoms with E-state index in [1.54, 1.807) is 19.1 Å². The number of benzene rings is 1. The molecule has 1 fully saturated rings. The molecule has 1 aliphatic rings. The van der Waals surface area contributed by atoms with Crippen LogP contribution < -0.4 is 10.6 Å². The molecule has 1 saturated heterocycles. The van der Waals surface area contributed by atoms with E-state index in [2.05, 4.69) is 10.6 Å². The van der Waals surface area contributed by atoms with Gasteiger partial charge in [0.15, 0.2) is 0 Å². The number of hydrogen-bond acceptors (Lipinski definition) is 4. The van der Waals surface area contributed by atoms with Gasteiger partial charge in [-0.15, -0.1) is 0 Å². The van der Waals surface area contributed by atoms with Crippen LogP contribution in [0, 0.1) is 17.0 Å². The number of nitrogens with one attached hydrogen (secondary N) is 2. The van der Waals surface area contributed by atoms with Gasteiger partial charge in [0, 0.05) is 11.1 Å². The first-order valence-electron chi connectivity index (χ1n) is 6.70. The highest BCUT2D eigenvalue weighted by molar-refractivity contribution is 5.99. The summed E-state index contributed by atoms with van der Waals surface area (Å²) in [5.74, 6) is -0.371. The number of piperidine rings is 1. The van der Waals surface area contributed by atoms with Crippen molar-refractivity contribution < 1.29 is 9.72 Å². The summed E-state index contributed by atoms with van der Waals surface area (Å²) in [6, 6.07) is 4.81. The van der Waals surface area contributed by atoms with E-state index < -0.39 is 4.92 Å². The van der Waals surface area contributed by atoms with Gasteiger partial charge in [0.05, 0.1) is 4.92 Å². The summed E-state index contributed by atoms with van der Waals surface area (Å²) in [5, 5.41) is 17.3. The van der Waals surface area contributed by atoms with Crippen molar-refractivity contribution in [1.29, 1.82) is 0 Å². The second-order valence-corrected chi connectivity index (χ2v) is 5.49. The number of nitrogens with zero attached hydrogens (tertiary/aromatic N) is 1. The SMILES string of the molecule is Cc1cccc(C(=O)NC2(C)CCNCC2)c1[N+](=O)[O-]. The Hall–Kier alpha value is -1.95. The predicted octanol–water partition coefficient (Wildman–Crippen LogP) is 1.78. The number of amides is 1. The topological polar surface area (TPSA) is 84.3 Å². The molecule has 0 saturated carbocycles. The van der Waals surface area contributed by atoms with E-state index >= 15 is 0 Å². The van der Waals surface area contributed by atoms with Crippen LogP contribution in [-0.2, 0) is 0 Å². The predicted molar refractivity (Wildman–Crippen MR) is 75.8 cm³/mol. The minimum Gasteiger partial charge on any atom is -0.347 e. The van der Waals surface area contributed by atoms with E-state index in [1.165, 1.54) is 6.07 Å². The Morgan fingerprint density at radius 1 is 1.40 bits per heavy atom. The molecule has 1 heterocycles. The molecule has 0 aliphatic carbocycles. The average Bonchev–Trinajstić information content (AvgIpc) is 2.38. The molecule has 1 aromatic carbocycles. The highest BCUT2D eigenvalue weighted by atomic mass is 16.6. The minimum atomic E-state index is -0.491. The molecular weight excluding hydrogens is 258 g/mol. The Labute approximate surface area is 117 Å². The molecule has 1 amide bonds. The molecule has 6 heteroatoms. The summed E-state index contributed by atoms with van der Waals surface area (Å²) >= 11 is 0. The smallest absolute Gasteiger partial charge is 0.285 e. The summed E-state index contributed by atoms with van der Waals surface area (Å²) in [4.78, 5) is 23.0. The zero-order valence-electron chi connectivity index (χ0n) is 11.7. The highest BCUT2D eigenvalue weighted by Gasteiger charge is 2.31. The van der Waals surface area contributed by atoms with Crippen molar-refractivity contribution in [1.82, 2.24) is 10.6 Å². The molecular formula is C14H19N3O3. The van der Waals surface area contributed by atoms with Crippen LogP contribution in [0.15, 0.2) is 18.2 Å². The Morgan fingerprint density at radius 3 is 2.65 bits per heavy atom. The molecule has 20 heavy (non-hydrogen) atoms. The van der Waals surface area contributed by atoms with Gasteiger partial charge < -0.3 is 10.6 Å². The van der Waals surface area contributed by atoms with Crippen LogP contribution in [-0.4, -0.2) is 29.5 Å². The van der Waals surface area contributed by atoms with Gasteiger partial charge in [0.2, 0.25) is 0 Å². The maximum Gasteiger partial charge on any atom is 0.285 e. The fraction of sp³-hybridized carbons (Fsp3) is 0.500. The van der Waals surface area contributed by atoms with Gasteiger partial charge in [-0.3, -0.25) is 14.9 Å². The first-order valence-corrected chi connectivity index (χ1v) is 6.70. The van der Waals surface area contributed by atoms with Crippen LogP contribution >= 0.6 is 0 Å². The van der Waals surface area contributed by atoms with Crippen LogP contribution in [0.1, 0.15) is 35.7 Å². The number of nitro benzene ring substituents is 1. The third-order valence-electron chi connectivity index (χ3n) is 3.79. The van der Waals surface area contributed by atoms with Crippen LogP contribution in [0.4, 0.5) is 5.69 Å². The second-order valence-electron chi connectivity index (χ2n) is 5.49. The zero-order valence-corrected chi connectivity index (χ0v) is 11.7. The molecule has 1 aliphatic heterocycles. The molecule has 0 spiro atoms. The quantitative estimate of drug-likeness (QED) is 0.651. The molecule has 0 atom stereocenters. The molecule has 0 aromatic heterocycles. The number of hydrogen-bond donors (Lipinski definition) is 2. The Balaban J connectivity index is 2.25. The van der Waals surface area contributed by atoms with Gasteiger partial charge in [-0.05, 0) is 45.8 Å². The number of para-hydroxylation sites is 1. The summed E-state index contributed by atoms with van der Waals surface area (Å²) in [6.45, 7) is 5.30. The van der Waals surface area contributed by atoms with Crippen molar-refractivity contribution >= 4 is 11.6 Å². The molecule has 2 rings (SSSR count). The normalized spacial score (nSPS) is 17.5. The zero-order chi connectivity index (χ0) is 14.8. The average molecular weight is 277 g/mol. The number of aryl methyl sites for hydroxylation is 1. The van der Waals surface area contributed by atoms with Crippen molar-refractivity contribution in [2.24, 2.45) is 0 Å². The lowest BCUT2D eigenvalue weighted by molar-refractivity contribution is -0.385. The fourth-order valence-corrected chi connectivity index (χ4v) is 2.53. The molecule has 6 nitrogen and oxygen atoms in total. The van der Waals surface area contributed by atoms with E-state index in [-0.39, 0.29) is 22.7 Å². The Kier molecular flexibility index (Phi) is 4.04. The van der Waals surface area contributed by atoms with Gasteiger partial charge in [0.1, 0.15) is 5.56 Å². The Bertz CT molecular complexity index is 536. The Morgan fingerprint density at radius 2 is 2.05 bits per heavy atom. The van der Waals surface area contributed by atoms with Crippen LogP contribution in [0.2, 0.25) is 0 Å². The van der Waals surface area contributed by atoms with Crippen LogP contribution in [0.3, 0.4) is 0 Å². The summed E-state index contributed by atoms with van der Waals surface area (Å²) in [5.41, 5.74) is 0.218.